The number of aliphatic hydroxyl groups is 1. The molecule has 9 nitrogen and oxygen atoms in total. The van der Waals surface area contributed by atoms with E-state index in [1.807, 2.05) is 37.3 Å². The maximum atomic E-state index is 12.9. The van der Waals surface area contributed by atoms with Crippen molar-refractivity contribution in [2.75, 3.05) is 13.2 Å². The van der Waals surface area contributed by atoms with Crippen LogP contribution >= 0.6 is 0 Å². The van der Waals surface area contributed by atoms with E-state index in [0.29, 0.717) is 37.4 Å². The number of pyridine rings is 1. The second kappa shape index (κ2) is 10.1. The molecule has 0 amide bonds. The van der Waals surface area contributed by atoms with Crippen LogP contribution in [0.5, 0.6) is 0 Å². The number of H-pyrrole nitrogens is 1. The fraction of sp³-hybridized carbons (Fsp3) is 0.417. The molecule has 0 radical (unpaired) electrons. The van der Waals surface area contributed by atoms with Gasteiger partial charge in [0.05, 0.1) is 12.3 Å². The van der Waals surface area contributed by atoms with Crippen molar-refractivity contribution in [1.82, 2.24) is 30.1 Å². The Kier molecular flexibility index (Phi) is 7.00. The summed E-state index contributed by atoms with van der Waals surface area (Å²) < 4.78 is 7.22. The van der Waals surface area contributed by atoms with E-state index in [2.05, 4.69) is 45.3 Å². The summed E-state index contributed by atoms with van der Waals surface area (Å²) in [7, 11) is 0. The minimum Gasteiger partial charge on any atom is -0.467 e. The normalized spacial score (nSPS) is 12.8. The number of benzene rings is 1. The minimum atomic E-state index is -0.158. The van der Waals surface area contributed by atoms with E-state index in [9.17, 15) is 9.90 Å². The fourth-order valence-corrected chi connectivity index (χ4v) is 4.27. The van der Waals surface area contributed by atoms with E-state index >= 15 is 0 Å². The number of tetrazole rings is 1. The van der Waals surface area contributed by atoms with Crippen molar-refractivity contribution in [3.05, 3.63) is 75.7 Å². The molecule has 1 atom stereocenters. The molecule has 0 spiro atoms. The second-order valence-corrected chi connectivity index (χ2v) is 8.72. The number of aryl methyl sites for hydroxylation is 1. The summed E-state index contributed by atoms with van der Waals surface area (Å²) in [5.41, 5.74) is 2.51. The first-order valence-corrected chi connectivity index (χ1v) is 11.2. The molecule has 0 saturated carbocycles. The fourth-order valence-electron chi connectivity index (χ4n) is 4.27. The number of furan rings is 1. The molecule has 0 fully saturated rings. The Balaban J connectivity index is 1.70. The predicted molar refractivity (Wildman–Crippen MR) is 125 cm³/mol. The maximum absolute atomic E-state index is 12.9. The van der Waals surface area contributed by atoms with Crippen LogP contribution in [0, 0.1) is 12.8 Å². The standard InChI is InChI=1S/C24H30N6O3/c1-16(2)22(23-26-27-28-30(23)15-20-6-4-11-33-20)29(9-5-10-31)14-19-13-18-12-17(3)7-8-21(18)25-24(19)32/h4,6-8,11-13,16,22,31H,5,9-10,14-15H2,1-3H3,(H,25,32). The van der Waals surface area contributed by atoms with Gasteiger partial charge in [-0.2, -0.15) is 0 Å². The summed E-state index contributed by atoms with van der Waals surface area (Å²) >= 11 is 0. The van der Waals surface area contributed by atoms with E-state index in [4.69, 9.17) is 4.42 Å². The van der Waals surface area contributed by atoms with Crippen molar-refractivity contribution in [3.63, 3.8) is 0 Å². The van der Waals surface area contributed by atoms with Gasteiger partial charge in [0, 0.05) is 30.8 Å². The molecule has 2 N–H and O–H groups in total. The van der Waals surface area contributed by atoms with Gasteiger partial charge in [0.25, 0.3) is 5.56 Å². The number of nitrogens with one attached hydrogen (secondary N) is 1. The number of hydrogen-bond acceptors (Lipinski definition) is 7. The largest absolute Gasteiger partial charge is 0.467 e. The quantitative estimate of drug-likeness (QED) is 0.382. The van der Waals surface area contributed by atoms with Gasteiger partial charge in [0.15, 0.2) is 5.82 Å². The summed E-state index contributed by atoms with van der Waals surface area (Å²) in [4.78, 5) is 18.1. The minimum absolute atomic E-state index is 0.0614. The predicted octanol–water partition coefficient (Wildman–Crippen LogP) is 3.05. The van der Waals surface area contributed by atoms with Crippen LogP contribution in [0.2, 0.25) is 0 Å². The SMILES string of the molecule is Cc1ccc2[nH]c(=O)c(CN(CCCO)C(c3nnnn3Cc3ccco3)C(C)C)cc2c1. The maximum Gasteiger partial charge on any atom is 0.252 e. The third-order valence-corrected chi connectivity index (χ3v) is 5.79. The van der Waals surface area contributed by atoms with Crippen molar-refractivity contribution < 1.29 is 9.52 Å². The lowest BCUT2D eigenvalue weighted by atomic mass is 10.00. The smallest absolute Gasteiger partial charge is 0.252 e. The Morgan fingerprint density at radius 1 is 1.24 bits per heavy atom. The number of aromatic nitrogens is 5. The zero-order valence-electron chi connectivity index (χ0n) is 19.2. The topological polar surface area (TPSA) is 113 Å². The molecule has 174 valence electrons. The summed E-state index contributed by atoms with van der Waals surface area (Å²) in [6.07, 6.45) is 2.20. The zero-order chi connectivity index (χ0) is 23.4. The molecule has 4 rings (SSSR count). The zero-order valence-corrected chi connectivity index (χ0v) is 19.2. The lowest BCUT2D eigenvalue weighted by Gasteiger charge is -2.33. The molecule has 3 heterocycles. The number of fused-ring (bicyclic) bond motifs is 1. The highest BCUT2D eigenvalue weighted by Gasteiger charge is 2.30. The lowest BCUT2D eigenvalue weighted by Crippen LogP contribution is -2.36. The molecule has 0 bridgehead atoms. The van der Waals surface area contributed by atoms with Crippen LogP contribution in [0.25, 0.3) is 10.9 Å². The van der Waals surface area contributed by atoms with Crippen molar-refractivity contribution in [2.45, 2.75) is 46.3 Å². The van der Waals surface area contributed by atoms with Crippen LogP contribution in [-0.4, -0.2) is 48.3 Å². The van der Waals surface area contributed by atoms with E-state index in [1.54, 1.807) is 10.9 Å². The van der Waals surface area contributed by atoms with Gasteiger partial charge in [-0.15, -0.1) is 5.10 Å². The molecule has 0 aliphatic rings. The van der Waals surface area contributed by atoms with Gasteiger partial charge in [0.2, 0.25) is 0 Å². The van der Waals surface area contributed by atoms with Crippen LogP contribution < -0.4 is 5.56 Å². The van der Waals surface area contributed by atoms with Gasteiger partial charge >= 0.3 is 0 Å². The number of rotatable bonds is 10. The lowest BCUT2D eigenvalue weighted by molar-refractivity contribution is 0.122. The summed E-state index contributed by atoms with van der Waals surface area (Å²) in [5, 5.41) is 23.0. The Morgan fingerprint density at radius 3 is 2.82 bits per heavy atom. The summed E-state index contributed by atoms with van der Waals surface area (Å²) in [6, 6.07) is 11.5. The van der Waals surface area contributed by atoms with E-state index in [1.165, 1.54) is 0 Å². The Hall–Kier alpha value is -3.30. The van der Waals surface area contributed by atoms with E-state index in [0.717, 1.165) is 22.2 Å². The number of aromatic amines is 1. The van der Waals surface area contributed by atoms with Gasteiger partial charge < -0.3 is 14.5 Å². The van der Waals surface area contributed by atoms with Crippen LogP contribution in [-0.2, 0) is 13.1 Å². The molecule has 1 aromatic carbocycles. The third-order valence-electron chi connectivity index (χ3n) is 5.79. The average molecular weight is 451 g/mol. The molecule has 33 heavy (non-hydrogen) atoms. The Bertz CT molecular complexity index is 1240. The van der Waals surface area contributed by atoms with Crippen molar-refractivity contribution in [3.8, 4) is 0 Å². The average Bonchev–Trinajstić information content (AvgIpc) is 3.45. The van der Waals surface area contributed by atoms with Gasteiger partial charge in [-0.25, -0.2) is 4.68 Å². The van der Waals surface area contributed by atoms with Crippen LogP contribution in [0.15, 0.2) is 51.9 Å². The first kappa shape index (κ1) is 22.9. The monoisotopic (exact) mass is 450 g/mol. The van der Waals surface area contributed by atoms with Crippen LogP contribution in [0.4, 0.5) is 0 Å². The molecule has 0 aliphatic heterocycles. The molecule has 0 aliphatic carbocycles. The molecule has 3 aromatic heterocycles. The first-order chi connectivity index (χ1) is 16.0. The van der Waals surface area contributed by atoms with E-state index < -0.39 is 0 Å². The molecule has 1 unspecified atom stereocenters. The molecule has 0 saturated heterocycles. The third kappa shape index (κ3) is 5.20. The van der Waals surface area contributed by atoms with Crippen LogP contribution in [0.1, 0.15) is 49.0 Å². The Labute approximate surface area is 192 Å². The van der Waals surface area contributed by atoms with Gasteiger partial charge in [-0.3, -0.25) is 9.69 Å². The van der Waals surface area contributed by atoms with Crippen molar-refractivity contribution in [1.29, 1.82) is 0 Å². The van der Waals surface area contributed by atoms with Gasteiger partial charge in [-0.1, -0.05) is 25.5 Å². The molecular weight excluding hydrogens is 420 g/mol. The highest BCUT2D eigenvalue weighted by atomic mass is 16.3. The number of aliphatic hydroxyl groups excluding tert-OH is 1. The van der Waals surface area contributed by atoms with Crippen molar-refractivity contribution >= 4 is 10.9 Å². The first-order valence-electron chi connectivity index (χ1n) is 11.2. The highest BCUT2D eigenvalue weighted by molar-refractivity contribution is 5.79. The molecule has 4 aromatic rings. The second-order valence-electron chi connectivity index (χ2n) is 8.72. The summed E-state index contributed by atoms with van der Waals surface area (Å²) in [5.74, 6) is 1.62. The summed E-state index contributed by atoms with van der Waals surface area (Å²) in [6.45, 7) is 7.74. The molecule has 9 heteroatoms. The van der Waals surface area contributed by atoms with E-state index in [-0.39, 0.29) is 24.1 Å². The van der Waals surface area contributed by atoms with Crippen LogP contribution in [0.3, 0.4) is 0 Å². The molecular formula is C24H30N6O3. The number of nitrogens with zero attached hydrogens (tertiary/aromatic N) is 5. The number of hydrogen-bond donors (Lipinski definition) is 2. The highest BCUT2D eigenvalue weighted by Crippen LogP contribution is 2.29. The van der Waals surface area contributed by atoms with Crippen molar-refractivity contribution in [2.24, 2.45) is 5.92 Å². The van der Waals surface area contributed by atoms with Gasteiger partial charge in [0.1, 0.15) is 12.3 Å². The van der Waals surface area contributed by atoms with Gasteiger partial charge in [-0.05, 0) is 65.4 Å². The Morgan fingerprint density at radius 2 is 2.09 bits per heavy atom.